The van der Waals surface area contributed by atoms with E-state index in [1.807, 2.05) is 35.0 Å². The van der Waals surface area contributed by atoms with Gasteiger partial charge >= 0.3 is 0 Å². The summed E-state index contributed by atoms with van der Waals surface area (Å²) in [5.74, 6) is 1.52. The summed E-state index contributed by atoms with van der Waals surface area (Å²) in [6.07, 6.45) is 8.51. The van der Waals surface area contributed by atoms with Crippen molar-refractivity contribution in [2.75, 3.05) is 19.4 Å². The lowest BCUT2D eigenvalue weighted by Crippen LogP contribution is -2.66. The summed E-state index contributed by atoms with van der Waals surface area (Å²) >= 11 is 1.51. The van der Waals surface area contributed by atoms with E-state index in [0.717, 1.165) is 23.1 Å². The number of benzene rings is 1. The third kappa shape index (κ3) is 2.59. The highest BCUT2D eigenvalue weighted by atomic mass is 32.2. The molecule has 126 valence electrons. The maximum absolute atomic E-state index is 12.5. The van der Waals surface area contributed by atoms with Crippen LogP contribution in [-0.2, 0) is 4.79 Å². The van der Waals surface area contributed by atoms with Gasteiger partial charge in [-0.1, -0.05) is 11.8 Å². The highest BCUT2D eigenvalue weighted by molar-refractivity contribution is 7.99. The molecule has 0 N–H and O–H groups in total. The Labute approximate surface area is 146 Å². The summed E-state index contributed by atoms with van der Waals surface area (Å²) in [5.41, 5.74) is 1.24. The Bertz CT molecular complexity index is 731. The molecule has 0 atom stereocenters. The monoisotopic (exact) mass is 343 g/mol. The first-order chi connectivity index (χ1) is 11.7. The van der Waals surface area contributed by atoms with Gasteiger partial charge in [0, 0.05) is 30.2 Å². The fourth-order valence-electron chi connectivity index (χ4n) is 3.57. The molecule has 2 aromatic rings. The van der Waals surface area contributed by atoms with Gasteiger partial charge in [-0.3, -0.25) is 9.36 Å². The summed E-state index contributed by atoms with van der Waals surface area (Å²) in [6, 6.07) is 7.83. The van der Waals surface area contributed by atoms with Crippen LogP contribution in [0.25, 0.3) is 5.69 Å². The van der Waals surface area contributed by atoms with E-state index in [1.165, 1.54) is 37.4 Å². The van der Waals surface area contributed by atoms with Crippen molar-refractivity contribution in [1.82, 2.24) is 14.5 Å². The van der Waals surface area contributed by atoms with Crippen molar-refractivity contribution >= 4 is 17.7 Å². The molecule has 0 unspecified atom stereocenters. The quantitative estimate of drug-likeness (QED) is 0.783. The van der Waals surface area contributed by atoms with E-state index in [1.54, 1.807) is 13.3 Å². The molecule has 1 amide bonds. The molecular formula is C18H21N3O2S. The van der Waals surface area contributed by atoms with Crippen molar-refractivity contribution in [3.8, 4) is 11.4 Å². The Morgan fingerprint density at radius 3 is 2.67 bits per heavy atom. The first kappa shape index (κ1) is 15.6. The van der Waals surface area contributed by atoms with Crippen molar-refractivity contribution < 1.29 is 9.53 Å². The van der Waals surface area contributed by atoms with E-state index in [2.05, 4.69) is 9.88 Å². The third-order valence-electron chi connectivity index (χ3n) is 5.24. The molecule has 24 heavy (non-hydrogen) atoms. The smallest absolute Gasteiger partial charge is 0.233 e. The Kier molecular flexibility index (Phi) is 4.00. The molecule has 1 saturated carbocycles. The second-order valence-electron chi connectivity index (χ2n) is 6.44. The van der Waals surface area contributed by atoms with E-state index >= 15 is 0 Å². The first-order valence-corrected chi connectivity index (χ1v) is 9.31. The molecule has 2 fully saturated rings. The molecule has 6 heteroatoms. The lowest BCUT2D eigenvalue weighted by atomic mass is 9.68. The van der Waals surface area contributed by atoms with E-state index in [-0.39, 0.29) is 11.4 Å². The number of hydrogen-bond acceptors (Lipinski definition) is 4. The average molecular weight is 343 g/mol. The van der Waals surface area contributed by atoms with E-state index in [9.17, 15) is 4.79 Å². The van der Waals surface area contributed by atoms with Gasteiger partial charge in [-0.2, -0.15) is 0 Å². The van der Waals surface area contributed by atoms with Crippen LogP contribution in [0, 0.1) is 0 Å². The molecule has 1 aliphatic carbocycles. The van der Waals surface area contributed by atoms with Gasteiger partial charge in [0.25, 0.3) is 0 Å². The first-order valence-electron chi connectivity index (χ1n) is 8.33. The highest BCUT2D eigenvalue weighted by Gasteiger charge is 2.50. The molecule has 1 aliphatic heterocycles. The minimum absolute atomic E-state index is 0.225. The summed E-state index contributed by atoms with van der Waals surface area (Å²) in [6.45, 7) is 0.923. The molecule has 5 nitrogen and oxygen atoms in total. The summed E-state index contributed by atoms with van der Waals surface area (Å²) in [7, 11) is 1.66. The summed E-state index contributed by atoms with van der Waals surface area (Å²) < 4.78 is 7.20. The number of amides is 1. The fourth-order valence-corrected chi connectivity index (χ4v) is 4.42. The number of imidazole rings is 1. The number of carbonyl (C=O) groups is 1. The maximum atomic E-state index is 12.5. The Morgan fingerprint density at radius 2 is 2.08 bits per heavy atom. The zero-order valence-corrected chi connectivity index (χ0v) is 14.6. The van der Waals surface area contributed by atoms with Gasteiger partial charge in [0.2, 0.25) is 5.91 Å². The van der Waals surface area contributed by atoms with Crippen LogP contribution >= 0.6 is 11.8 Å². The minimum atomic E-state index is 0.225. The zero-order valence-electron chi connectivity index (χ0n) is 13.8. The van der Waals surface area contributed by atoms with E-state index < -0.39 is 0 Å². The van der Waals surface area contributed by atoms with Crippen LogP contribution < -0.4 is 4.74 Å². The molecule has 2 aliphatic rings. The molecule has 2 heterocycles. The summed E-state index contributed by atoms with van der Waals surface area (Å²) in [4.78, 5) is 19.0. The number of likely N-dealkylation sites (tertiary alicyclic amines) is 1. The van der Waals surface area contributed by atoms with Crippen molar-refractivity contribution in [2.45, 2.75) is 36.4 Å². The van der Waals surface area contributed by atoms with Gasteiger partial charge in [0.15, 0.2) is 5.16 Å². The predicted molar refractivity (Wildman–Crippen MR) is 93.8 cm³/mol. The van der Waals surface area contributed by atoms with Crippen LogP contribution in [0.1, 0.15) is 25.7 Å². The normalized spacial score (nSPS) is 18.1. The molecule has 1 spiro atoms. The molecule has 1 saturated heterocycles. The lowest BCUT2D eigenvalue weighted by molar-refractivity contribution is -0.152. The Morgan fingerprint density at radius 1 is 1.29 bits per heavy atom. The van der Waals surface area contributed by atoms with Crippen LogP contribution in [0.3, 0.4) is 0 Å². The lowest BCUT2D eigenvalue weighted by Gasteiger charge is -2.58. The Hall–Kier alpha value is -1.95. The summed E-state index contributed by atoms with van der Waals surface area (Å²) in [5, 5.41) is 0.844. The molecule has 1 aromatic heterocycles. The van der Waals surface area contributed by atoms with Gasteiger partial charge in [-0.15, -0.1) is 0 Å². The van der Waals surface area contributed by atoms with Crippen LogP contribution in [0.4, 0.5) is 0 Å². The van der Waals surface area contributed by atoms with Crippen molar-refractivity contribution in [1.29, 1.82) is 0 Å². The predicted octanol–water partition coefficient (Wildman–Crippen LogP) is 3.13. The van der Waals surface area contributed by atoms with Crippen LogP contribution in [0.2, 0.25) is 0 Å². The minimum Gasteiger partial charge on any atom is -0.497 e. The number of rotatable bonds is 5. The number of methoxy groups -OCH3 is 1. The standard InChI is InChI=1S/C18H21N3O2S/c1-23-15-5-3-14(4-6-15)20-12-10-19-17(20)24-13-16(22)21-11-9-18(21)7-2-8-18/h3-6,10,12H,2,7-9,11,13H2,1H3. The molecule has 4 rings (SSSR count). The number of nitrogens with zero attached hydrogens (tertiary/aromatic N) is 3. The number of hydrogen-bond donors (Lipinski definition) is 0. The number of ether oxygens (including phenoxy) is 1. The topological polar surface area (TPSA) is 47.4 Å². The second-order valence-corrected chi connectivity index (χ2v) is 7.38. The number of thioether (sulfide) groups is 1. The number of aromatic nitrogens is 2. The van der Waals surface area contributed by atoms with Gasteiger partial charge in [0.05, 0.1) is 12.9 Å². The van der Waals surface area contributed by atoms with Crippen LogP contribution in [0.15, 0.2) is 41.8 Å². The molecule has 1 aromatic carbocycles. The highest BCUT2D eigenvalue weighted by Crippen LogP contribution is 2.47. The SMILES string of the molecule is COc1ccc(-n2ccnc2SCC(=O)N2CCC23CCC3)cc1. The largest absolute Gasteiger partial charge is 0.497 e. The van der Waals surface area contributed by atoms with Crippen LogP contribution in [-0.4, -0.2) is 45.3 Å². The number of carbonyl (C=O) groups excluding carboxylic acids is 1. The van der Waals surface area contributed by atoms with E-state index in [4.69, 9.17) is 4.74 Å². The molecular weight excluding hydrogens is 322 g/mol. The molecule has 0 bridgehead atoms. The Balaban J connectivity index is 1.42. The zero-order chi connectivity index (χ0) is 16.6. The van der Waals surface area contributed by atoms with Gasteiger partial charge in [0.1, 0.15) is 5.75 Å². The fraction of sp³-hybridized carbons (Fsp3) is 0.444. The van der Waals surface area contributed by atoms with E-state index in [0.29, 0.717) is 5.75 Å². The maximum Gasteiger partial charge on any atom is 0.233 e. The van der Waals surface area contributed by atoms with Crippen molar-refractivity contribution in [2.24, 2.45) is 0 Å². The molecule has 0 radical (unpaired) electrons. The third-order valence-corrected chi connectivity index (χ3v) is 6.19. The van der Waals surface area contributed by atoms with Gasteiger partial charge < -0.3 is 9.64 Å². The second kappa shape index (κ2) is 6.16. The van der Waals surface area contributed by atoms with Crippen LogP contribution in [0.5, 0.6) is 5.75 Å². The average Bonchev–Trinajstić information content (AvgIpc) is 2.99. The van der Waals surface area contributed by atoms with Crippen molar-refractivity contribution in [3.63, 3.8) is 0 Å². The van der Waals surface area contributed by atoms with Gasteiger partial charge in [-0.05, 0) is 49.9 Å². The van der Waals surface area contributed by atoms with Gasteiger partial charge in [-0.25, -0.2) is 4.98 Å². The van der Waals surface area contributed by atoms with Crippen molar-refractivity contribution in [3.05, 3.63) is 36.7 Å².